The van der Waals surface area contributed by atoms with E-state index in [0.29, 0.717) is 19.6 Å². The summed E-state index contributed by atoms with van der Waals surface area (Å²) < 4.78 is 31.1. The van der Waals surface area contributed by atoms with E-state index in [-0.39, 0.29) is 47.1 Å². The number of ether oxygens (including phenoxy) is 6. The normalized spacial score (nSPS) is 23.9. The minimum atomic E-state index is -2.11. The number of hydrogen-bond donors (Lipinski definition) is 6. The smallest absolute Gasteiger partial charge is 0.407 e. The number of aliphatic hydroxyl groups is 4. The molecule has 1 aliphatic rings. The Labute approximate surface area is 230 Å². The van der Waals surface area contributed by atoms with Gasteiger partial charge in [-0.3, -0.25) is 9.59 Å². The molecule has 232 valence electrons. The molecule has 6 unspecified atom stereocenters. The molecule has 1 aliphatic heterocycles. The molecular weight excluding hydrogens is 524 g/mol. The minimum Gasteiger partial charge on any atom is -0.447 e. The first-order valence-electron chi connectivity index (χ1n) is 11.9. The van der Waals surface area contributed by atoms with Crippen LogP contribution < -0.4 is 10.6 Å². The molecule has 0 saturated carbocycles. The maximum atomic E-state index is 12.5. The van der Waals surface area contributed by atoms with E-state index >= 15 is 0 Å². The summed E-state index contributed by atoms with van der Waals surface area (Å²) in [6, 6.07) is -1.34. The molecule has 0 aromatic rings. The van der Waals surface area contributed by atoms with Crippen molar-refractivity contribution in [3.05, 3.63) is 0 Å². The third-order valence-electron chi connectivity index (χ3n) is 5.32. The van der Waals surface area contributed by atoms with Crippen molar-refractivity contribution in [1.29, 1.82) is 0 Å². The maximum Gasteiger partial charge on any atom is 0.407 e. The molecular formula is C24H48N2O13. The molecule has 0 spiro atoms. The molecule has 0 aromatic carbocycles. The number of nitrogens with one attached hydrogen (secondary N) is 2. The highest BCUT2D eigenvalue weighted by atomic mass is 16.9. The van der Waals surface area contributed by atoms with Gasteiger partial charge in [0.25, 0.3) is 6.47 Å². The van der Waals surface area contributed by atoms with Crippen molar-refractivity contribution < 1.29 is 63.2 Å². The summed E-state index contributed by atoms with van der Waals surface area (Å²) in [6.07, 6.45) is -7.40. The zero-order chi connectivity index (χ0) is 27.8. The van der Waals surface area contributed by atoms with Crippen LogP contribution in [0.5, 0.6) is 0 Å². The number of rotatable bonds is 18. The first-order chi connectivity index (χ1) is 17.6. The largest absolute Gasteiger partial charge is 0.447 e. The molecule has 0 bridgehead atoms. The highest BCUT2D eigenvalue weighted by molar-refractivity contribution is 5.82. The van der Waals surface area contributed by atoms with Crippen molar-refractivity contribution in [3.63, 3.8) is 0 Å². The highest BCUT2D eigenvalue weighted by Gasteiger charge is 2.53. The van der Waals surface area contributed by atoms with Crippen molar-refractivity contribution in [2.45, 2.75) is 78.0 Å². The van der Waals surface area contributed by atoms with Crippen LogP contribution in [0.2, 0.25) is 0 Å². The number of alkyl carbamates (subject to hydrolysis) is 1. The molecule has 0 aromatic heterocycles. The third-order valence-corrected chi connectivity index (χ3v) is 5.32. The first kappa shape index (κ1) is 39.0. The van der Waals surface area contributed by atoms with Crippen LogP contribution >= 0.6 is 0 Å². The van der Waals surface area contributed by atoms with Crippen LogP contribution in [0.25, 0.3) is 0 Å². The van der Waals surface area contributed by atoms with Crippen molar-refractivity contribution in [1.82, 2.24) is 10.6 Å². The second-order valence-corrected chi connectivity index (χ2v) is 8.71. The van der Waals surface area contributed by atoms with Gasteiger partial charge in [0.2, 0.25) is 5.91 Å². The van der Waals surface area contributed by atoms with Crippen molar-refractivity contribution in [3.8, 4) is 0 Å². The van der Waals surface area contributed by atoms with E-state index in [2.05, 4.69) is 10.6 Å². The Morgan fingerprint density at radius 2 is 1.79 bits per heavy atom. The lowest BCUT2D eigenvalue weighted by Crippen LogP contribution is -2.67. The van der Waals surface area contributed by atoms with E-state index in [4.69, 9.17) is 28.4 Å². The van der Waals surface area contributed by atoms with Crippen LogP contribution in [-0.2, 0) is 38.0 Å². The van der Waals surface area contributed by atoms with Crippen LogP contribution in [0.1, 0.15) is 41.5 Å². The summed E-state index contributed by atoms with van der Waals surface area (Å²) in [6.45, 7) is 3.36. The van der Waals surface area contributed by atoms with E-state index in [1.165, 1.54) is 7.11 Å². The number of hydrogen-bond acceptors (Lipinski definition) is 13. The first-order valence-corrected chi connectivity index (χ1v) is 11.9. The lowest BCUT2D eigenvalue weighted by atomic mass is 9.91. The number of aliphatic hydroxyl groups excluding tert-OH is 4. The quantitative estimate of drug-likeness (QED) is 0.0654. The van der Waals surface area contributed by atoms with Gasteiger partial charge in [0.05, 0.1) is 51.6 Å². The number of methoxy groups -OCH3 is 1. The van der Waals surface area contributed by atoms with Crippen LogP contribution in [0.4, 0.5) is 4.79 Å². The molecule has 0 aliphatic carbocycles. The summed E-state index contributed by atoms with van der Waals surface area (Å²) >= 11 is 0. The Morgan fingerprint density at radius 3 is 2.38 bits per heavy atom. The van der Waals surface area contributed by atoms with Crippen molar-refractivity contribution in [2.75, 3.05) is 53.3 Å². The van der Waals surface area contributed by atoms with Crippen molar-refractivity contribution in [2.24, 2.45) is 5.92 Å². The number of carbonyl (C=O) groups is 3. The summed E-state index contributed by atoms with van der Waals surface area (Å²) in [5.74, 6) is -2.67. The Bertz CT molecular complexity index is 684. The van der Waals surface area contributed by atoms with Crippen LogP contribution in [0.3, 0.4) is 0 Å². The van der Waals surface area contributed by atoms with Crippen LogP contribution in [0.15, 0.2) is 0 Å². The lowest BCUT2D eigenvalue weighted by molar-refractivity contribution is -0.409. The number of carbonyl (C=O) groups excluding carboxylic acids is 3. The van der Waals surface area contributed by atoms with Crippen LogP contribution in [-0.4, -0.2) is 129 Å². The molecule has 1 saturated heterocycles. The SMILES string of the molecule is C.C.COCCOCCOC(=O)NCC(=O)NC1C(O)CC(OC=O)(OCCC(C)C)OC1C(O)C(O)CO. The molecule has 1 heterocycles. The van der Waals surface area contributed by atoms with E-state index in [0.717, 1.165) is 0 Å². The molecule has 1 fully saturated rings. The van der Waals surface area contributed by atoms with Gasteiger partial charge >= 0.3 is 12.1 Å². The third kappa shape index (κ3) is 14.2. The van der Waals surface area contributed by atoms with Crippen LogP contribution in [0, 0.1) is 5.92 Å². The van der Waals surface area contributed by atoms with Gasteiger partial charge in [0.1, 0.15) is 31.5 Å². The zero-order valence-corrected chi connectivity index (χ0v) is 21.4. The van der Waals surface area contributed by atoms with E-state index in [1.807, 2.05) is 13.8 Å². The summed E-state index contributed by atoms with van der Waals surface area (Å²) in [5, 5.41) is 45.2. The molecule has 6 atom stereocenters. The van der Waals surface area contributed by atoms with E-state index in [1.54, 1.807) is 0 Å². The molecule has 15 heteroatoms. The Hall–Kier alpha value is -2.11. The van der Waals surface area contributed by atoms with E-state index in [9.17, 15) is 34.8 Å². The summed E-state index contributed by atoms with van der Waals surface area (Å²) in [7, 11) is 1.52. The Morgan fingerprint density at radius 1 is 1.13 bits per heavy atom. The fourth-order valence-corrected chi connectivity index (χ4v) is 3.32. The Balaban J connectivity index is 0. The van der Waals surface area contributed by atoms with Gasteiger partial charge < -0.3 is 59.5 Å². The topological polar surface area (TPSA) is 212 Å². The second-order valence-electron chi connectivity index (χ2n) is 8.71. The molecule has 2 amide bonds. The molecule has 39 heavy (non-hydrogen) atoms. The van der Waals surface area contributed by atoms with Gasteiger partial charge in [-0.1, -0.05) is 28.7 Å². The summed E-state index contributed by atoms with van der Waals surface area (Å²) in [5.41, 5.74) is 0. The second kappa shape index (κ2) is 20.7. The fourth-order valence-electron chi connectivity index (χ4n) is 3.32. The fraction of sp³-hybridized carbons (Fsp3) is 0.875. The molecule has 6 N–H and O–H groups in total. The van der Waals surface area contributed by atoms with Gasteiger partial charge in [-0.2, -0.15) is 0 Å². The molecule has 15 nitrogen and oxygen atoms in total. The maximum absolute atomic E-state index is 12.5. The lowest BCUT2D eigenvalue weighted by Gasteiger charge is -2.46. The van der Waals surface area contributed by atoms with E-state index < -0.39 is 68.0 Å². The summed E-state index contributed by atoms with van der Waals surface area (Å²) in [4.78, 5) is 35.4. The predicted molar refractivity (Wildman–Crippen MR) is 137 cm³/mol. The zero-order valence-electron chi connectivity index (χ0n) is 21.4. The number of amides is 2. The molecule has 1 rings (SSSR count). The monoisotopic (exact) mass is 572 g/mol. The van der Waals surface area contributed by atoms with Gasteiger partial charge in [-0.25, -0.2) is 4.79 Å². The molecule has 0 radical (unpaired) electrons. The average Bonchev–Trinajstić information content (AvgIpc) is 2.85. The minimum absolute atomic E-state index is 0. The Kier molecular flexibility index (Phi) is 20.8. The van der Waals surface area contributed by atoms with Gasteiger partial charge in [0, 0.05) is 7.11 Å². The highest BCUT2D eigenvalue weighted by Crippen LogP contribution is 2.34. The van der Waals surface area contributed by atoms with Gasteiger partial charge in [-0.15, -0.1) is 0 Å². The van der Waals surface area contributed by atoms with Gasteiger partial charge in [0.15, 0.2) is 0 Å². The standard InChI is InChI=1S/C22H40N2O13.2CH4/c1-14(2)4-5-35-22(36-13-26)10-15(27)18(20(37-22)19(30)16(28)12-25)24-17(29)11-23-21(31)34-9-8-33-7-6-32-3;;/h13-16,18-20,25,27-28,30H,4-12H2,1-3H3,(H,23,31)(H,24,29);2*1H4. The van der Waals surface area contributed by atoms with Crippen molar-refractivity contribution >= 4 is 18.5 Å². The van der Waals surface area contributed by atoms with Gasteiger partial charge in [-0.05, 0) is 12.3 Å². The average molecular weight is 573 g/mol. The predicted octanol–water partition coefficient (Wildman–Crippen LogP) is -1.11.